The Bertz CT molecular complexity index is 810. The van der Waals surface area contributed by atoms with E-state index in [0.29, 0.717) is 18.1 Å². The average molecular weight is 297 g/mol. The molecule has 0 aliphatic heterocycles. The number of aromatic nitrogens is 1. The Morgan fingerprint density at radius 3 is 2.90 bits per heavy atom. The molecule has 0 aliphatic carbocycles. The normalized spacial score (nSPS) is 10.7. The van der Waals surface area contributed by atoms with E-state index >= 15 is 0 Å². The second kappa shape index (κ2) is 5.54. The molecule has 21 heavy (non-hydrogen) atoms. The van der Waals surface area contributed by atoms with Gasteiger partial charge < -0.3 is 11.1 Å². The van der Waals surface area contributed by atoms with Gasteiger partial charge in [0.15, 0.2) is 0 Å². The van der Waals surface area contributed by atoms with E-state index in [4.69, 9.17) is 5.73 Å². The summed E-state index contributed by atoms with van der Waals surface area (Å²) < 4.78 is 0. The minimum Gasteiger partial charge on any atom is -0.383 e. The summed E-state index contributed by atoms with van der Waals surface area (Å²) in [6.45, 7) is 2.53. The molecule has 0 bridgehead atoms. The van der Waals surface area contributed by atoms with Gasteiger partial charge in [0.1, 0.15) is 11.5 Å². The van der Waals surface area contributed by atoms with E-state index in [0.717, 1.165) is 16.3 Å². The number of hydrogen-bond donors (Lipinski definition) is 2. The zero-order chi connectivity index (χ0) is 14.8. The first-order valence-electron chi connectivity index (χ1n) is 6.60. The van der Waals surface area contributed by atoms with Crippen LogP contribution in [0.5, 0.6) is 0 Å². The van der Waals surface area contributed by atoms with Crippen LogP contribution in [0.15, 0.2) is 41.1 Å². The summed E-state index contributed by atoms with van der Waals surface area (Å²) in [5.41, 5.74) is 8.58. The zero-order valence-electron chi connectivity index (χ0n) is 11.6. The fourth-order valence-corrected chi connectivity index (χ4v) is 3.03. The third-order valence-electron chi connectivity index (χ3n) is 3.40. The molecular weight excluding hydrogens is 282 g/mol. The van der Waals surface area contributed by atoms with E-state index < -0.39 is 0 Å². The molecule has 0 aliphatic rings. The predicted molar refractivity (Wildman–Crippen MR) is 86.4 cm³/mol. The van der Waals surface area contributed by atoms with Gasteiger partial charge in [0.05, 0.1) is 0 Å². The number of rotatable bonds is 3. The lowest BCUT2D eigenvalue weighted by Gasteiger charge is -2.07. The number of nitrogens with one attached hydrogen (secondary N) is 1. The molecule has 5 heteroatoms. The third-order valence-corrected chi connectivity index (χ3v) is 4.31. The van der Waals surface area contributed by atoms with Crippen molar-refractivity contribution in [1.29, 1.82) is 0 Å². The molecule has 3 N–H and O–H groups in total. The van der Waals surface area contributed by atoms with Gasteiger partial charge in [-0.2, -0.15) is 11.3 Å². The van der Waals surface area contributed by atoms with Crippen molar-refractivity contribution in [3.63, 3.8) is 0 Å². The number of fused-ring (bicyclic) bond motifs is 1. The largest absolute Gasteiger partial charge is 0.383 e. The number of anilines is 1. The Hall–Kier alpha value is -2.40. The Balaban J connectivity index is 1.83. The Morgan fingerprint density at radius 1 is 1.33 bits per heavy atom. The van der Waals surface area contributed by atoms with Gasteiger partial charge in [-0.3, -0.25) is 4.79 Å². The van der Waals surface area contributed by atoms with Gasteiger partial charge in [0, 0.05) is 11.9 Å². The monoisotopic (exact) mass is 297 g/mol. The van der Waals surface area contributed by atoms with E-state index in [1.54, 1.807) is 17.4 Å². The number of nitrogen functional groups attached to an aromatic ring is 1. The number of benzene rings is 1. The SMILES string of the molecule is Cc1cscc1CNC(=O)c1cc2ccccc2c(N)n1. The van der Waals surface area contributed by atoms with Gasteiger partial charge >= 0.3 is 0 Å². The molecule has 0 saturated carbocycles. The molecule has 3 aromatic rings. The molecule has 2 heterocycles. The van der Waals surface area contributed by atoms with Crippen molar-refractivity contribution in [2.45, 2.75) is 13.5 Å². The summed E-state index contributed by atoms with van der Waals surface area (Å²) in [7, 11) is 0. The second-order valence-corrected chi connectivity index (χ2v) is 5.62. The van der Waals surface area contributed by atoms with Crippen molar-refractivity contribution in [3.05, 3.63) is 57.9 Å². The molecular formula is C16H15N3OS. The lowest BCUT2D eigenvalue weighted by Crippen LogP contribution is -2.24. The van der Waals surface area contributed by atoms with Crippen molar-refractivity contribution in [2.75, 3.05) is 5.73 Å². The van der Waals surface area contributed by atoms with Crippen LogP contribution in [-0.4, -0.2) is 10.9 Å². The van der Waals surface area contributed by atoms with E-state index in [9.17, 15) is 4.79 Å². The number of carbonyl (C=O) groups is 1. The standard InChI is InChI=1S/C16H15N3OS/c1-10-8-21-9-12(10)7-18-16(20)14-6-11-4-2-3-5-13(11)15(17)19-14/h2-6,8-9H,7H2,1H3,(H2,17,19)(H,18,20). The first kappa shape index (κ1) is 13.6. The van der Waals surface area contributed by atoms with Crippen LogP contribution in [-0.2, 0) is 6.54 Å². The number of nitrogens with two attached hydrogens (primary N) is 1. The minimum absolute atomic E-state index is 0.210. The molecule has 0 radical (unpaired) electrons. The number of pyridine rings is 1. The van der Waals surface area contributed by atoms with Gasteiger partial charge in [-0.15, -0.1) is 0 Å². The highest BCUT2D eigenvalue weighted by Crippen LogP contribution is 2.20. The maximum Gasteiger partial charge on any atom is 0.270 e. The van der Waals surface area contributed by atoms with Gasteiger partial charge in [0.2, 0.25) is 0 Å². The van der Waals surface area contributed by atoms with E-state index in [-0.39, 0.29) is 5.91 Å². The molecule has 4 nitrogen and oxygen atoms in total. The van der Waals surface area contributed by atoms with E-state index in [1.807, 2.05) is 36.6 Å². The van der Waals surface area contributed by atoms with Gasteiger partial charge in [0.25, 0.3) is 5.91 Å². The van der Waals surface area contributed by atoms with Crippen LogP contribution in [0, 0.1) is 6.92 Å². The van der Waals surface area contributed by atoms with Crippen LogP contribution in [0.4, 0.5) is 5.82 Å². The Kier molecular flexibility index (Phi) is 3.58. The number of nitrogens with zero attached hydrogens (tertiary/aromatic N) is 1. The molecule has 106 valence electrons. The number of hydrogen-bond acceptors (Lipinski definition) is 4. The Morgan fingerprint density at radius 2 is 2.14 bits per heavy atom. The fourth-order valence-electron chi connectivity index (χ4n) is 2.18. The van der Waals surface area contributed by atoms with E-state index in [2.05, 4.69) is 15.7 Å². The number of aryl methyl sites for hydroxylation is 1. The lowest BCUT2D eigenvalue weighted by molar-refractivity contribution is 0.0946. The summed E-state index contributed by atoms with van der Waals surface area (Å²) in [5.74, 6) is 0.169. The summed E-state index contributed by atoms with van der Waals surface area (Å²) in [5, 5.41) is 8.77. The lowest BCUT2D eigenvalue weighted by atomic mass is 10.1. The van der Waals surface area contributed by atoms with Crippen LogP contribution < -0.4 is 11.1 Å². The number of thiophene rings is 1. The van der Waals surface area contributed by atoms with Gasteiger partial charge in [-0.05, 0) is 40.3 Å². The minimum atomic E-state index is -0.210. The van der Waals surface area contributed by atoms with Crippen molar-refractivity contribution in [3.8, 4) is 0 Å². The van der Waals surface area contributed by atoms with Crippen molar-refractivity contribution >= 4 is 33.8 Å². The predicted octanol–water partition coefficient (Wildman–Crippen LogP) is 3.12. The highest BCUT2D eigenvalue weighted by molar-refractivity contribution is 7.08. The van der Waals surface area contributed by atoms with Crippen LogP contribution in [0.25, 0.3) is 10.8 Å². The first-order valence-corrected chi connectivity index (χ1v) is 7.54. The van der Waals surface area contributed by atoms with Gasteiger partial charge in [-0.1, -0.05) is 24.3 Å². The van der Waals surface area contributed by atoms with Crippen LogP contribution in [0.3, 0.4) is 0 Å². The second-order valence-electron chi connectivity index (χ2n) is 4.88. The third kappa shape index (κ3) is 2.73. The van der Waals surface area contributed by atoms with Crippen molar-refractivity contribution < 1.29 is 4.79 Å². The molecule has 0 unspecified atom stereocenters. The fraction of sp³-hybridized carbons (Fsp3) is 0.125. The number of carbonyl (C=O) groups excluding carboxylic acids is 1. The summed E-state index contributed by atoms with van der Waals surface area (Å²) >= 11 is 1.63. The molecule has 2 aromatic heterocycles. The smallest absolute Gasteiger partial charge is 0.270 e. The van der Waals surface area contributed by atoms with Crippen LogP contribution in [0.1, 0.15) is 21.6 Å². The summed E-state index contributed by atoms with van der Waals surface area (Å²) in [6.07, 6.45) is 0. The molecule has 3 rings (SSSR count). The zero-order valence-corrected chi connectivity index (χ0v) is 12.4. The van der Waals surface area contributed by atoms with Gasteiger partial charge in [-0.25, -0.2) is 4.98 Å². The van der Waals surface area contributed by atoms with Crippen molar-refractivity contribution in [2.24, 2.45) is 0 Å². The maximum absolute atomic E-state index is 12.2. The van der Waals surface area contributed by atoms with Crippen LogP contribution >= 0.6 is 11.3 Å². The molecule has 0 saturated heterocycles. The summed E-state index contributed by atoms with van der Waals surface area (Å²) in [4.78, 5) is 16.4. The molecule has 0 fully saturated rings. The van der Waals surface area contributed by atoms with E-state index in [1.165, 1.54) is 5.56 Å². The highest BCUT2D eigenvalue weighted by Gasteiger charge is 2.11. The Labute approximate surface area is 126 Å². The molecule has 0 atom stereocenters. The first-order chi connectivity index (χ1) is 10.1. The molecule has 1 aromatic carbocycles. The topological polar surface area (TPSA) is 68.0 Å². The highest BCUT2D eigenvalue weighted by atomic mass is 32.1. The van der Waals surface area contributed by atoms with Crippen LogP contribution in [0.2, 0.25) is 0 Å². The maximum atomic E-state index is 12.2. The quantitative estimate of drug-likeness (QED) is 0.780. The molecule has 1 amide bonds. The number of amides is 1. The summed E-state index contributed by atoms with van der Waals surface area (Å²) in [6, 6.07) is 9.40. The van der Waals surface area contributed by atoms with Crippen molar-refractivity contribution in [1.82, 2.24) is 10.3 Å². The molecule has 0 spiro atoms. The average Bonchev–Trinajstić information content (AvgIpc) is 2.90.